The van der Waals surface area contributed by atoms with E-state index in [9.17, 15) is 14.4 Å². The third-order valence-corrected chi connectivity index (χ3v) is 4.13. The van der Waals surface area contributed by atoms with Gasteiger partial charge in [0.1, 0.15) is 0 Å². The Hall–Kier alpha value is -2.38. The van der Waals surface area contributed by atoms with Crippen LogP contribution in [0.15, 0.2) is 53.0 Å². The molecule has 0 saturated carbocycles. The number of carbonyl (C=O) groups excluding carboxylic acids is 3. The van der Waals surface area contributed by atoms with E-state index in [4.69, 9.17) is 11.6 Å². The highest BCUT2D eigenvalue weighted by Gasteiger charge is 2.15. The minimum absolute atomic E-state index is 0.141. The van der Waals surface area contributed by atoms with Gasteiger partial charge < -0.3 is 15.5 Å². The van der Waals surface area contributed by atoms with Gasteiger partial charge in [0.25, 0.3) is 5.91 Å². The van der Waals surface area contributed by atoms with Gasteiger partial charge in [0.2, 0.25) is 11.8 Å². The van der Waals surface area contributed by atoms with Crippen LogP contribution in [0.3, 0.4) is 0 Å². The fraction of sp³-hybridized carbons (Fsp3) is 0.167. The molecular formula is C18H17BrClN3O3. The average molecular weight is 439 g/mol. The Labute approximate surface area is 164 Å². The zero-order chi connectivity index (χ0) is 19.1. The lowest BCUT2D eigenvalue weighted by Gasteiger charge is -2.17. The molecule has 0 heterocycles. The van der Waals surface area contributed by atoms with Crippen molar-refractivity contribution in [3.8, 4) is 0 Å². The summed E-state index contributed by atoms with van der Waals surface area (Å²) in [7, 11) is 1.49. The standard InChI is InChI=1S/C18H17BrClN3O3/c1-23(11-16(24)22-15-7-3-6-14(20)9-15)17(25)10-21-18(26)12-4-2-5-13(19)8-12/h2-9H,10-11H2,1H3,(H,21,26)(H,22,24). The molecule has 0 radical (unpaired) electrons. The van der Waals surface area contributed by atoms with Gasteiger partial charge in [-0.15, -0.1) is 0 Å². The molecule has 6 nitrogen and oxygen atoms in total. The molecule has 0 atom stereocenters. The Balaban J connectivity index is 1.81. The molecule has 2 N–H and O–H groups in total. The lowest BCUT2D eigenvalue weighted by atomic mass is 10.2. The van der Waals surface area contributed by atoms with Gasteiger partial charge in [0.05, 0.1) is 13.1 Å². The topological polar surface area (TPSA) is 78.5 Å². The SMILES string of the molecule is CN(CC(=O)Nc1cccc(Cl)c1)C(=O)CNC(=O)c1cccc(Br)c1. The van der Waals surface area contributed by atoms with Gasteiger partial charge in [-0.05, 0) is 36.4 Å². The molecule has 0 saturated heterocycles. The minimum Gasteiger partial charge on any atom is -0.343 e. The number of anilines is 1. The summed E-state index contributed by atoms with van der Waals surface area (Å²) in [5.41, 5.74) is 0.986. The summed E-state index contributed by atoms with van der Waals surface area (Å²) >= 11 is 9.14. The van der Waals surface area contributed by atoms with Gasteiger partial charge in [-0.3, -0.25) is 14.4 Å². The maximum atomic E-state index is 12.1. The first-order valence-corrected chi connectivity index (χ1v) is 8.85. The number of nitrogens with one attached hydrogen (secondary N) is 2. The summed E-state index contributed by atoms with van der Waals surface area (Å²) in [5.74, 6) is -1.10. The molecule has 0 aliphatic carbocycles. The normalized spacial score (nSPS) is 10.1. The Morgan fingerprint density at radius 3 is 2.54 bits per heavy atom. The number of hydrogen-bond donors (Lipinski definition) is 2. The van der Waals surface area contributed by atoms with Crippen molar-refractivity contribution in [3.63, 3.8) is 0 Å². The van der Waals surface area contributed by atoms with Crippen molar-refractivity contribution >= 4 is 50.9 Å². The third-order valence-electron chi connectivity index (χ3n) is 3.40. The first kappa shape index (κ1) is 19.9. The van der Waals surface area contributed by atoms with E-state index in [1.54, 1.807) is 48.5 Å². The van der Waals surface area contributed by atoms with Crippen LogP contribution in [0.4, 0.5) is 5.69 Å². The van der Waals surface area contributed by atoms with Crippen LogP contribution in [0.1, 0.15) is 10.4 Å². The number of nitrogens with zero attached hydrogens (tertiary/aromatic N) is 1. The van der Waals surface area contributed by atoms with Crippen molar-refractivity contribution < 1.29 is 14.4 Å². The van der Waals surface area contributed by atoms with E-state index in [0.717, 1.165) is 4.47 Å². The molecule has 0 bridgehead atoms. The lowest BCUT2D eigenvalue weighted by Crippen LogP contribution is -2.41. The maximum absolute atomic E-state index is 12.1. The van der Waals surface area contributed by atoms with Crippen LogP contribution in [0.25, 0.3) is 0 Å². The van der Waals surface area contributed by atoms with Gasteiger partial charge in [-0.1, -0.05) is 39.7 Å². The summed E-state index contributed by atoms with van der Waals surface area (Å²) in [6, 6.07) is 13.5. The number of halogens is 2. The first-order chi connectivity index (χ1) is 12.3. The summed E-state index contributed by atoms with van der Waals surface area (Å²) < 4.78 is 0.770. The molecule has 3 amide bonds. The van der Waals surface area contributed by atoms with E-state index in [1.807, 2.05) is 0 Å². The van der Waals surface area contributed by atoms with Gasteiger partial charge in [0.15, 0.2) is 0 Å². The van der Waals surface area contributed by atoms with Crippen LogP contribution in [0.5, 0.6) is 0 Å². The van der Waals surface area contributed by atoms with E-state index in [0.29, 0.717) is 16.3 Å². The van der Waals surface area contributed by atoms with Crippen LogP contribution < -0.4 is 10.6 Å². The van der Waals surface area contributed by atoms with Crippen molar-refractivity contribution in [2.45, 2.75) is 0 Å². The molecule has 2 aromatic rings. The van der Waals surface area contributed by atoms with Gasteiger partial charge in [-0.25, -0.2) is 0 Å². The Morgan fingerprint density at radius 1 is 1.12 bits per heavy atom. The molecular weight excluding hydrogens is 422 g/mol. The van der Waals surface area contributed by atoms with E-state index < -0.39 is 0 Å². The molecule has 0 aliphatic heterocycles. The van der Waals surface area contributed by atoms with E-state index in [1.165, 1.54) is 11.9 Å². The van der Waals surface area contributed by atoms with Crippen molar-refractivity contribution in [3.05, 3.63) is 63.6 Å². The second kappa shape index (κ2) is 9.35. The quantitative estimate of drug-likeness (QED) is 0.728. The van der Waals surface area contributed by atoms with E-state index >= 15 is 0 Å². The summed E-state index contributed by atoms with van der Waals surface area (Å²) in [4.78, 5) is 37.3. The molecule has 2 rings (SSSR count). The third kappa shape index (κ3) is 6.16. The second-order valence-corrected chi connectivity index (χ2v) is 6.85. The maximum Gasteiger partial charge on any atom is 0.251 e. The van der Waals surface area contributed by atoms with Crippen LogP contribution in [0, 0.1) is 0 Å². The zero-order valence-electron chi connectivity index (χ0n) is 14.0. The lowest BCUT2D eigenvalue weighted by molar-refractivity contribution is -0.132. The second-order valence-electron chi connectivity index (χ2n) is 5.50. The highest BCUT2D eigenvalue weighted by molar-refractivity contribution is 9.10. The fourth-order valence-corrected chi connectivity index (χ4v) is 2.68. The zero-order valence-corrected chi connectivity index (χ0v) is 16.3. The average Bonchev–Trinajstić information content (AvgIpc) is 2.59. The largest absolute Gasteiger partial charge is 0.343 e. The van der Waals surface area contributed by atoms with Gasteiger partial charge >= 0.3 is 0 Å². The fourth-order valence-electron chi connectivity index (χ4n) is 2.09. The predicted molar refractivity (Wildman–Crippen MR) is 104 cm³/mol. The predicted octanol–water partition coefficient (Wildman–Crippen LogP) is 2.93. The highest BCUT2D eigenvalue weighted by Crippen LogP contribution is 2.14. The molecule has 0 fully saturated rings. The van der Waals surface area contributed by atoms with E-state index in [2.05, 4.69) is 26.6 Å². The van der Waals surface area contributed by atoms with Crippen molar-refractivity contribution in [1.82, 2.24) is 10.2 Å². The number of hydrogen-bond acceptors (Lipinski definition) is 3. The Bertz CT molecular complexity index is 829. The monoisotopic (exact) mass is 437 g/mol. The minimum atomic E-state index is -0.380. The van der Waals surface area contributed by atoms with Crippen molar-refractivity contribution in [2.75, 3.05) is 25.5 Å². The molecule has 8 heteroatoms. The number of benzene rings is 2. The van der Waals surface area contributed by atoms with Gasteiger partial charge in [-0.2, -0.15) is 0 Å². The number of carbonyl (C=O) groups is 3. The van der Waals surface area contributed by atoms with Gasteiger partial charge in [0, 0.05) is 27.8 Å². The molecule has 0 unspecified atom stereocenters. The van der Waals surface area contributed by atoms with Crippen LogP contribution >= 0.6 is 27.5 Å². The molecule has 0 aromatic heterocycles. The molecule has 26 heavy (non-hydrogen) atoms. The Morgan fingerprint density at radius 2 is 1.85 bits per heavy atom. The van der Waals surface area contributed by atoms with E-state index in [-0.39, 0.29) is 30.8 Å². The highest BCUT2D eigenvalue weighted by atomic mass is 79.9. The summed E-state index contributed by atoms with van der Waals surface area (Å²) in [6.07, 6.45) is 0. The Kier molecular flexibility index (Phi) is 7.17. The summed E-state index contributed by atoms with van der Waals surface area (Å²) in [5, 5.41) is 5.70. The first-order valence-electron chi connectivity index (χ1n) is 7.68. The number of likely N-dealkylation sites (N-methyl/N-ethyl adjacent to an activating group) is 1. The van der Waals surface area contributed by atoms with Crippen LogP contribution in [-0.4, -0.2) is 42.8 Å². The smallest absolute Gasteiger partial charge is 0.251 e. The van der Waals surface area contributed by atoms with Crippen molar-refractivity contribution in [1.29, 1.82) is 0 Å². The van der Waals surface area contributed by atoms with Crippen LogP contribution in [-0.2, 0) is 9.59 Å². The van der Waals surface area contributed by atoms with Crippen molar-refractivity contribution in [2.24, 2.45) is 0 Å². The van der Waals surface area contributed by atoms with Crippen LogP contribution in [0.2, 0.25) is 5.02 Å². The molecule has 136 valence electrons. The number of rotatable bonds is 6. The molecule has 2 aromatic carbocycles. The number of amides is 3. The molecule has 0 spiro atoms. The summed E-state index contributed by atoms with van der Waals surface area (Å²) in [6.45, 7) is -0.343. The molecule has 0 aliphatic rings.